The first-order valence-corrected chi connectivity index (χ1v) is 8.97. The van der Waals surface area contributed by atoms with Gasteiger partial charge < -0.3 is 5.32 Å². The maximum Gasteiger partial charge on any atom is 0.0124 e. The summed E-state index contributed by atoms with van der Waals surface area (Å²) in [4.78, 5) is 0. The molecule has 0 saturated heterocycles. The predicted octanol–water partition coefficient (Wildman–Crippen LogP) is 5.01. The lowest BCUT2D eigenvalue weighted by Crippen LogP contribution is -2.45. The molecule has 2 aliphatic rings. The van der Waals surface area contributed by atoms with E-state index in [1.54, 1.807) is 0 Å². The molecule has 19 heavy (non-hydrogen) atoms. The Morgan fingerprint density at radius 2 is 1.68 bits per heavy atom. The normalized spacial score (nSPS) is 38.1. The van der Waals surface area contributed by atoms with Gasteiger partial charge in [0.25, 0.3) is 0 Å². The van der Waals surface area contributed by atoms with Gasteiger partial charge >= 0.3 is 0 Å². The molecule has 0 bridgehead atoms. The van der Waals surface area contributed by atoms with Crippen molar-refractivity contribution in [2.24, 2.45) is 23.7 Å². The van der Waals surface area contributed by atoms with E-state index in [-0.39, 0.29) is 0 Å². The van der Waals surface area contributed by atoms with Crippen LogP contribution in [-0.2, 0) is 0 Å². The van der Waals surface area contributed by atoms with Gasteiger partial charge in [-0.2, -0.15) is 0 Å². The van der Waals surface area contributed by atoms with Crippen LogP contribution < -0.4 is 5.32 Å². The molecule has 1 heteroatoms. The molecule has 0 amide bonds. The van der Waals surface area contributed by atoms with E-state index in [0.717, 1.165) is 36.3 Å². The Morgan fingerprint density at radius 1 is 0.947 bits per heavy atom. The topological polar surface area (TPSA) is 12.0 Å². The van der Waals surface area contributed by atoms with E-state index < -0.39 is 0 Å². The van der Waals surface area contributed by atoms with Gasteiger partial charge in [-0.05, 0) is 55.9 Å². The van der Waals surface area contributed by atoms with Crippen LogP contribution in [0.5, 0.6) is 0 Å². The predicted molar refractivity (Wildman–Crippen MR) is 84.3 cm³/mol. The Balaban J connectivity index is 1.91. The van der Waals surface area contributed by atoms with Crippen molar-refractivity contribution in [3.63, 3.8) is 0 Å². The first-order valence-electron chi connectivity index (χ1n) is 8.97. The summed E-state index contributed by atoms with van der Waals surface area (Å²) in [6, 6.07) is 0.825. The van der Waals surface area contributed by atoms with Crippen LogP contribution in [0, 0.1) is 23.7 Å². The molecule has 0 spiro atoms. The summed E-state index contributed by atoms with van der Waals surface area (Å²) >= 11 is 0. The van der Waals surface area contributed by atoms with Crippen molar-refractivity contribution in [3.8, 4) is 0 Å². The summed E-state index contributed by atoms with van der Waals surface area (Å²) in [6.45, 7) is 8.28. The minimum atomic E-state index is 0.825. The average molecular weight is 265 g/mol. The van der Waals surface area contributed by atoms with Gasteiger partial charge in [0.15, 0.2) is 0 Å². The third kappa shape index (κ3) is 4.21. The monoisotopic (exact) mass is 265 g/mol. The highest BCUT2D eigenvalue weighted by atomic mass is 14.9. The first kappa shape index (κ1) is 15.4. The first-order chi connectivity index (χ1) is 9.24. The molecule has 1 N–H and O–H groups in total. The van der Waals surface area contributed by atoms with Gasteiger partial charge in [0, 0.05) is 6.04 Å². The Kier molecular flexibility index (Phi) is 6.19. The molecule has 0 aromatic rings. The second-order valence-electron chi connectivity index (χ2n) is 7.30. The standard InChI is InChI=1S/C18H35N/c1-4-15-9-11-16(12-10-15)18(19-5-2)17-8-6-7-14(3)13-17/h14-19H,4-13H2,1-3H3. The zero-order valence-electron chi connectivity index (χ0n) is 13.5. The highest BCUT2D eigenvalue weighted by Gasteiger charge is 2.33. The quantitative estimate of drug-likeness (QED) is 0.737. The molecule has 3 unspecified atom stereocenters. The molecule has 0 heterocycles. The van der Waals surface area contributed by atoms with Crippen LogP contribution in [0.1, 0.15) is 78.6 Å². The lowest BCUT2D eigenvalue weighted by Gasteiger charge is -2.41. The molecule has 0 aromatic carbocycles. The minimum Gasteiger partial charge on any atom is -0.314 e. The van der Waals surface area contributed by atoms with Crippen LogP contribution in [0.2, 0.25) is 0 Å². The SMILES string of the molecule is CCNC(C1CCC(CC)CC1)C1CCCC(C)C1. The van der Waals surface area contributed by atoms with Gasteiger partial charge in [0.1, 0.15) is 0 Å². The van der Waals surface area contributed by atoms with Crippen molar-refractivity contribution >= 4 is 0 Å². The van der Waals surface area contributed by atoms with Gasteiger partial charge in [-0.3, -0.25) is 0 Å². The van der Waals surface area contributed by atoms with Gasteiger partial charge in [-0.25, -0.2) is 0 Å². The molecule has 3 atom stereocenters. The van der Waals surface area contributed by atoms with Crippen LogP contribution >= 0.6 is 0 Å². The van der Waals surface area contributed by atoms with E-state index in [1.807, 2.05) is 0 Å². The highest BCUT2D eigenvalue weighted by molar-refractivity contribution is 4.88. The molecule has 2 saturated carbocycles. The van der Waals surface area contributed by atoms with Crippen molar-refractivity contribution in [2.45, 2.75) is 84.6 Å². The summed E-state index contributed by atoms with van der Waals surface area (Å²) in [5.74, 6) is 3.93. The van der Waals surface area contributed by atoms with Crippen molar-refractivity contribution < 1.29 is 0 Å². The third-order valence-electron chi connectivity index (χ3n) is 5.90. The largest absolute Gasteiger partial charge is 0.314 e. The van der Waals surface area contributed by atoms with E-state index in [2.05, 4.69) is 26.1 Å². The number of nitrogens with one attached hydrogen (secondary N) is 1. The van der Waals surface area contributed by atoms with Crippen LogP contribution in [0.25, 0.3) is 0 Å². The fraction of sp³-hybridized carbons (Fsp3) is 1.00. The summed E-state index contributed by atoms with van der Waals surface area (Å²) in [6.07, 6.45) is 13.3. The zero-order valence-corrected chi connectivity index (χ0v) is 13.5. The van der Waals surface area contributed by atoms with E-state index in [9.17, 15) is 0 Å². The average Bonchev–Trinajstić information content (AvgIpc) is 2.45. The molecule has 0 aromatic heterocycles. The van der Waals surface area contributed by atoms with Crippen molar-refractivity contribution in [1.29, 1.82) is 0 Å². The molecule has 2 aliphatic carbocycles. The summed E-state index contributed by atoms with van der Waals surface area (Å²) < 4.78 is 0. The molecule has 112 valence electrons. The molecular formula is C18H35N. The second-order valence-corrected chi connectivity index (χ2v) is 7.30. The van der Waals surface area contributed by atoms with E-state index in [1.165, 1.54) is 57.8 Å². The summed E-state index contributed by atoms with van der Waals surface area (Å²) in [5, 5.41) is 3.88. The van der Waals surface area contributed by atoms with Crippen LogP contribution in [0.15, 0.2) is 0 Å². The number of rotatable bonds is 5. The molecule has 0 radical (unpaired) electrons. The van der Waals surface area contributed by atoms with Crippen molar-refractivity contribution in [3.05, 3.63) is 0 Å². The highest BCUT2D eigenvalue weighted by Crippen LogP contribution is 2.39. The molecule has 2 rings (SSSR count). The Bertz CT molecular complexity index is 242. The van der Waals surface area contributed by atoms with Gasteiger partial charge in [-0.1, -0.05) is 52.9 Å². The Hall–Kier alpha value is -0.0400. The maximum atomic E-state index is 3.88. The summed E-state index contributed by atoms with van der Waals surface area (Å²) in [7, 11) is 0. The Morgan fingerprint density at radius 3 is 2.26 bits per heavy atom. The van der Waals surface area contributed by atoms with Crippen molar-refractivity contribution in [1.82, 2.24) is 5.32 Å². The second kappa shape index (κ2) is 7.67. The lowest BCUT2D eigenvalue weighted by atomic mass is 9.69. The fourth-order valence-corrected chi connectivity index (χ4v) is 4.72. The third-order valence-corrected chi connectivity index (χ3v) is 5.90. The van der Waals surface area contributed by atoms with Crippen molar-refractivity contribution in [2.75, 3.05) is 6.54 Å². The molecule has 2 fully saturated rings. The zero-order chi connectivity index (χ0) is 13.7. The lowest BCUT2D eigenvalue weighted by molar-refractivity contribution is 0.137. The van der Waals surface area contributed by atoms with E-state index >= 15 is 0 Å². The minimum absolute atomic E-state index is 0.825. The van der Waals surface area contributed by atoms with Crippen LogP contribution in [-0.4, -0.2) is 12.6 Å². The van der Waals surface area contributed by atoms with Gasteiger partial charge in [-0.15, -0.1) is 0 Å². The van der Waals surface area contributed by atoms with Crippen LogP contribution in [0.3, 0.4) is 0 Å². The summed E-state index contributed by atoms with van der Waals surface area (Å²) in [5.41, 5.74) is 0. The van der Waals surface area contributed by atoms with Crippen LogP contribution in [0.4, 0.5) is 0 Å². The molecular weight excluding hydrogens is 230 g/mol. The number of hydrogen-bond acceptors (Lipinski definition) is 1. The van der Waals surface area contributed by atoms with Gasteiger partial charge in [0.05, 0.1) is 0 Å². The maximum absolute atomic E-state index is 3.88. The Labute approximate surface area is 120 Å². The molecule has 0 aliphatic heterocycles. The van der Waals surface area contributed by atoms with Gasteiger partial charge in [0.2, 0.25) is 0 Å². The van der Waals surface area contributed by atoms with E-state index in [0.29, 0.717) is 0 Å². The smallest absolute Gasteiger partial charge is 0.0124 e. The molecule has 1 nitrogen and oxygen atoms in total. The van der Waals surface area contributed by atoms with E-state index in [4.69, 9.17) is 0 Å². The number of hydrogen-bond donors (Lipinski definition) is 1. The fourth-order valence-electron chi connectivity index (χ4n) is 4.72.